The van der Waals surface area contributed by atoms with Crippen LogP contribution in [0.2, 0.25) is 0 Å². The molecule has 0 bridgehead atoms. The number of hydrogen-bond donors (Lipinski definition) is 4. The Morgan fingerprint density at radius 3 is 2.41 bits per heavy atom. The number of H-pyrrole nitrogens is 2. The highest BCUT2D eigenvalue weighted by molar-refractivity contribution is 7.92. The summed E-state index contributed by atoms with van der Waals surface area (Å²) < 4.78 is 28.4. The van der Waals surface area contributed by atoms with E-state index in [2.05, 4.69) is 26.9 Å². The Balaban J connectivity index is 1.58. The van der Waals surface area contributed by atoms with Crippen LogP contribution in [0.15, 0.2) is 76.4 Å². The first-order chi connectivity index (χ1) is 15.4. The average Bonchev–Trinajstić information content (AvgIpc) is 3.14. The summed E-state index contributed by atoms with van der Waals surface area (Å²) in [6.45, 7) is 2.10. The van der Waals surface area contributed by atoms with E-state index in [0.717, 1.165) is 12.8 Å². The van der Waals surface area contributed by atoms with Crippen LogP contribution in [0.3, 0.4) is 0 Å². The number of aromatic amines is 2. The average molecular weight is 451 g/mol. The number of aromatic nitrogens is 2. The molecule has 0 aliphatic carbocycles. The fourth-order valence-electron chi connectivity index (χ4n) is 3.39. The number of carbonyl (C=O) groups excluding carboxylic acids is 1. The van der Waals surface area contributed by atoms with Crippen molar-refractivity contribution in [2.24, 2.45) is 0 Å². The van der Waals surface area contributed by atoms with Gasteiger partial charge < -0.3 is 15.3 Å². The Morgan fingerprint density at radius 1 is 0.938 bits per heavy atom. The minimum Gasteiger partial charge on any atom is -0.322 e. The van der Waals surface area contributed by atoms with Crippen LogP contribution in [0.1, 0.15) is 29.3 Å². The van der Waals surface area contributed by atoms with Crippen molar-refractivity contribution in [1.82, 2.24) is 9.97 Å². The molecule has 4 aromatic rings. The van der Waals surface area contributed by atoms with E-state index in [1.54, 1.807) is 18.2 Å². The summed E-state index contributed by atoms with van der Waals surface area (Å²) in [5, 5.41) is 2.80. The molecular formula is C23H22N4O4S. The number of imidazole rings is 1. The monoisotopic (exact) mass is 450 g/mol. The summed E-state index contributed by atoms with van der Waals surface area (Å²) >= 11 is 0. The van der Waals surface area contributed by atoms with E-state index in [-0.39, 0.29) is 16.1 Å². The highest BCUT2D eigenvalue weighted by Gasteiger charge is 2.19. The number of carbonyl (C=O) groups is 1. The SMILES string of the molecule is CCCc1ccc(NC(=O)c2ccccc2NS(=O)(=O)c2ccc3[nH]c(=O)[nH]c3c2)cc1. The summed E-state index contributed by atoms with van der Waals surface area (Å²) in [5.41, 5.74) is 2.58. The maximum absolute atomic E-state index is 12.9. The van der Waals surface area contributed by atoms with Crippen molar-refractivity contribution in [2.75, 3.05) is 10.0 Å². The van der Waals surface area contributed by atoms with E-state index in [1.165, 1.54) is 29.8 Å². The van der Waals surface area contributed by atoms with Crippen LogP contribution in [0.5, 0.6) is 0 Å². The van der Waals surface area contributed by atoms with Crippen LogP contribution >= 0.6 is 0 Å². The summed E-state index contributed by atoms with van der Waals surface area (Å²) in [6, 6.07) is 18.2. The second-order valence-electron chi connectivity index (χ2n) is 7.34. The Labute approximate surface area is 184 Å². The van der Waals surface area contributed by atoms with Gasteiger partial charge in [0.15, 0.2) is 0 Å². The van der Waals surface area contributed by atoms with Gasteiger partial charge in [-0.05, 0) is 54.4 Å². The molecule has 4 N–H and O–H groups in total. The highest BCUT2D eigenvalue weighted by atomic mass is 32.2. The van der Waals surface area contributed by atoms with Gasteiger partial charge in [-0.2, -0.15) is 0 Å². The highest BCUT2D eigenvalue weighted by Crippen LogP contribution is 2.23. The van der Waals surface area contributed by atoms with Gasteiger partial charge in [-0.25, -0.2) is 13.2 Å². The van der Waals surface area contributed by atoms with E-state index < -0.39 is 21.6 Å². The lowest BCUT2D eigenvalue weighted by atomic mass is 10.1. The zero-order chi connectivity index (χ0) is 22.7. The van der Waals surface area contributed by atoms with Gasteiger partial charge in [0.1, 0.15) is 0 Å². The van der Waals surface area contributed by atoms with E-state index in [9.17, 15) is 18.0 Å². The van der Waals surface area contributed by atoms with E-state index in [0.29, 0.717) is 16.7 Å². The molecule has 0 spiro atoms. The van der Waals surface area contributed by atoms with E-state index in [4.69, 9.17) is 0 Å². The topological polar surface area (TPSA) is 124 Å². The number of amides is 1. The smallest absolute Gasteiger partial charge is 0.322 e. The molecule has 0 unspecified atom stereocenters. The standard InChI is InChI=1S/C23H22N4O4S/c1-2-5-15-8-10-16(11-9-15)24-22(28)18-6-3-4-7-19(18)27-32(30,31)17-12-13-20-21(14-17)26-23(29)25-20/h3-4,6-14,27H,2,5H2,1H3,(H,24,28)(H2,25,26,29). The van der Waals surface area contributed by atoms with Crippen LogP contribution in [0, 0.1) is 0 Å². The normalized spacial score (nSPS) is 11.4. The molecule has 1 aromatic heterocycles. The molecule has 164 valence electrons. The number of rotatable bonds is 7. The maximum atomic E-state index is 12.9. The number of anilines is 2. The van der Waals surface area contributed by atoms with Crippen molar-refractivity contribution >= 4 is 38.3 Å². The van der Waals surface area contributed by atoms with Crippen molar-refractivity contribution in [1.29, 1.82) is 0 Å². The predicted molar refractivity (Wildman–Crippen MR) is 125 cm³/mol. The lowest BCUT2D eigenvalue weighted by Gasteiger charge is -2.13. The lowest BCUT2D eigenvalue weighted by Crippen LogP contribution is -2.18. The second kappa shape index (κ2) is 8.72. The third-order valence-electron chi connectivity index (χ3n) is 4.96. The molecule has 0 saturated heterocycles. The van der Waals surface area contributed by atoms with Gasteiger partial charge in [0.25, 0.3) is 15.9 Å². The fourth-order valence-corrected chi connectivity index (χ4v) is 4.50. The molecule has 8 nitrogen and oxygen atoms in total. The molecule has 0 radical (unpaired) electrons. The Bertz CT molecular complexity index is 1440. The van der Waals surface area contributed by atoms with Crippen molar-refractivity contribution in [3.63, 3.8) is 0 Å². The second-order valence-corrected chi connectivity index (χ2v) is 9.02. The van der Waals surface area contributed by atoms with Crippen LogP contribution in [0.4, 0.5) is 11.4 Å². The van der Waals surface area contributed by atoms with Crippen LogP contribution in [0.25, 0.3) is 11.0 Å². The van der Waals surface area contributed by atoms with Crippen LogP contribution < -0.4 is 15.7 Å². The molecule has 1 amide bonds. The minimum atomic E-state index is -4.00. The summed E-state index contributed by atoms with van der Waals surface area (Å²) in [4.78, 5) is 29.4. The third-order valence-corrected chi connectivity index (χ3v) is 6.33. The number of hydrogen-bond acceptors (Lipinski definition) is 4. The number of sulfonamides is 1. The van der Waals surface area contributed by atoms with E-state index >= 15 is 0 Å². The summed E-state index contributed by atoms with van der Waals surface area (Å²) in [6.07, 6.45) is 1.99. The third kappa shape index (κ3) is 4.57. The maximum Gasteiger partial charge on any atom is 0.323 e. The fraction of sp³-hybridized carbons (Fsp3) is 0.130. The van der Waals surface area contributed by atoms with Crippen LogP contribution in [-0.4, -0.2) is 24.3 Å². The van der Waals surface area contributed by atoms with Crippen LogP contribution in [-0.2, 0) is 16.4 Å². The molecular weight excluding hydrogens is 428 g/mol. The van der Waals surface area contributed by atoms with Crippen molar-refractivity contribution < 1.29 is 13.2 Å². The molecule has 0 saturated carbocycles. The Hall–Kier alpha value is -3.85. The molecule has 4 rings (SSSR count). The van der Waals surface area contributed by atoms with Gasteiger partial charge in [-0.3, -0.25) is 9.52 Å². The molecule has 0 aliphatic rings. The minimum absolute atomic E-state index is 0.0398. The number of nitrogens with one attached hydrogen (secondary N) is 4. The Kier molecular flexibility index (Phi) is 5.83. The first-order valence-corrected chi connectivity index (χ1v) is 11.6. The van der Waals surface area contributed by atoms with Crippen molar-refractivity contribution in [3.8, 4) is 0 Å². The van der Waals surface area contributed by atoms with Gasteiger partial charge in [-0.15, -0.1) is 0 Å². The molecule has 0 atom stereocenters. The first-order valence-electron chi connectivity index (χ1n) is 10.1. The van der Waals surface area contributed by atoms with Gasteiger partial charge >= 0.3 is 5.69 Å². The summed E-state index contributed by atoms with van der Waals surface area (Å²) in [5.74, 6) is -0.433. The number of aryl methyl sites for hydroxylation is 1. The number of benzene rings is 3. The Morgan fingerprint density at radius 2 is 1.66 bits per heavy atom. The molecule has 0 fully saturated rings. The van der Waals surface area contributed by atoms with Gasteiger partial charge in [0.05, 0.1) is 27.2 Å². The lowest BCUT2D eigenvalue weighted by molar-refractivity contribution is 0.102. The molecule has 9 heteroatoms. The predicted octanol–water partition coefficient (Wildman–Crippen LogP) is 3.86. The molecule has 32 heavy (non-hydrogen) atoms. The summed E-state index contributed by atoms with van der Waals surface area (Å²) in [7, 11) is -4.00. The van der Waals surface area contributed by atoms with E-state index in [1.807, 2.05) is 24.3 Å². The van der Waals surface area contributed by atoms with Gasteiger partial charge in [0, 0.05) is 5.69 Å². The zero-order valence-electron chi connectivity index (χ0n) is 17.3. The van der Waals surface area contributed by atoms with Gasteiger partial charge in [-0.1, -0.05) is 37.6 Å². The quantitative estimate of drug-likeness (QED) is 0.341. The molecule has 1 heterocycles. The number of para-hydroxylation sites is 1. The molecule has 0 aliphatic heterocycles. The number of fused-ring (bicyclic) bond motifs is 1. The van der Waals surface area contributed by atoms with Crippen molar-refractivity contribution in [2.45, 2.75) is 24.7 Å². The zero-order valence-corrected chi connectivity index (χ0v) is 18.1. The van der Waals surface area contributed by atoms with Crippen molar-refractivity contribution in [3.05, 3.63) is 88.3 Å². The first kappa shape index (κ1) is 21.4. The van der Waals surface area contributed by atoms with Gasteiger partial charge in [0.2, 0.25) is 0 Å². The molecule has 3 aromatic carbocycles. The largest absolute Gasteiger partial charge is 0.323 e.